The maximum atomic E-state index is 8.72. The Kier molecular flexibility index (Phi) is 5.72. The highest BCUT2D eigenvalue weighted by Gasteiger charge is 2.16. The van der Waals surface area contributed by atoms with Gasteiger partial charge in [-0.2, -0.15) is 5.26 Å². The number of hydrogen-bond acceptors (Lipinski definition) is 2. The summed E-state index contributed by atoms with van der Waals surface area (Å²) < 4.78 is 0. The van der Waals surface area contributed by atoms with Crippen LogP contribution in [0.2, 0.25) is 0 Å². The van der Waals surface area contributed by atoms with E-state index in [4.69, 9.17) is 5.26 Å². The third-order valence-corrected chi connectivity index (χ3v) is 2.94. The van der Waals surface area contributed by atoms with Gasteiger partial charge in [-0.25, -0.2) is 0 Å². The summed E-state index contributed by atoms with van der Waals surface area (Å²) >= 11 is 0. The van der Waals surface area contributed by atoms with E-state index in [9.17, 15) is 0 Å². The molecule has 1 unspecified atom stereocenters. The van der Waals surface area contributed by atoms with Crippen molar-refractivity contribution in [3.8, 4) is 6.07 Å². The van der Waals surface area contributed by atoms with Crippen molar-refractivity contribution in [1.82, 2.24) is 4.90 Å². The molecule has 0 aliphatic heterocycles. The fourth-order valence-electron chi connectivity index (χ4n) is 2.05. The molecule has 1 aromatic rings. The average Bonchev–Trinajstić information content (AvgIpc) is 2.34. The van der Waals surface area contributed by atoms with Gasteiger partial charge in [0.25, 0.3) is 0 Å². The third-order valence-electron chi connectivity index (χ3n) is 2.94. The molecule has 92 valence electrons. The third kappa shape index (κ3) is 4.58. The summed E-state index contributed by atoms with van der Waals surface area (Å²) in [6.07, 6.45) is 0.601. The molecule has 2 heteroatoms. The van der Waals surface area contributed by atoms with Crippen LogP contribution >= 0.6 is 0 Å². The van der Waals surface area contributed by atoms with Crippen LogP contribution < -0.4 is 0 Å². The topological polar surface area (TPSA) is 27.0 Å². The number of nitriles is 1. The minimum Gasteiger partial charge on any atom is -0.295 e. The van der Waals surface area contributed by atoms with Crippen LogP contribution in [0.1, 0.15) is 38.8 Å². The molecule has 0 aliphatic rings. The van der Waals surface area contributed by atoms with E-state index in [1.807, 2.05) is 6.07 Å². The first-order valence-electron chi connectivity index (χ1n) is 6.31. The number of rotatable bonds is 6. The van der Waals surface area contributed by atoms with Crippen LogP contribution in [0, 0.1) is 17.2 Å². The van der Waals surface area contributed by atoms with Crippen LogP contribution in [-0.4, -0.2) is 18.0 Å². The Bertz CT molecular complexity index is 351. The summed E-state index contributed by atoms with van der Waals surface area (Å²) in [5, 5.41) is 8.72. The second-order valence-corrected chi connectivity index (χ2v) is 4.88. The molecular formula is C15H22N2. The molecule has 1 rings (SSSR count). The van der Waals surface area contributed by atoms with Gasteiger partial charge in [-0.3, -0.25) is 4.90 Å². The quantitative estimate of drug-likeness (QED) is 0.746. The van der Waals surface area contributed by atoms with Crippen LogP contribution in [0.4, 0.5) is 0 Å². The molecule has 1 aromatic carbocycles. The van der Waals surface area contributed by atoms with Gasteiger partial charge in [-0.05, 0) is 18.4 Å². The first-order valence-corrected chi connectivity index (χ1v) is 6.31. The van der Waals surface area contributed by atoms with Crippen molar-refractivity contribution in [2.45, 2.75) is 33.2 Å². The highest BCUT2D eigenvalue weighted by atomic mass is 15.1. The summed E-state index contributed by atoms with van der Waals surface area (Å²) in [4.78, 5) is 2.39. The van der Waals surface area contributed by atoms with E-state index in [0.717, 1.165) is 13.1 Å². The smallest absolute Gasteiger partial charge is 0.0635 e. The molecule has 0 saturated carbocycles. The molecule has 17 heavy (non-hydrogen) atoms. The van der Waals surface area contributed by atoms with Crippen LogP contribution in [0.15, 0.2) is 30.3 Å². The lowest BCUT2D eigenvalue weighted by Gasteiger charge is -2.30. The Morgan fingerprint density at radius 1 is 1.18 bits per heavy atom. The van der Waals surface area contributed by atoms with Crippen molar-refractivity contribution in [3.05, 3.63) is 35.9 Å². The molecule has 0 radical (unpaired) electrons. The maximum absolute atomic E-state index is 8.72. The van der Waals surface area contributed by atoms with E-state index >= 15 is 0 Å². The van der Waals surface area contributed by atoms with E-state index in [1.165, 1.54) is 5.56 Å². The summed E-state index contributed by atoms with van der Waals surface area (Å²) in [6, 6.07) is 13.1. The van der Waals surface area contributed by atoms with Crippen molar-refractivity contribution in [2.75, 3.05) is 13.1 Å². The highest BCUT2D eigenvalue weighted by Crippen LogP contribution is 2.21. The molecule has 0 bridgehead atoms. The SMILES string of the molecule is CC(C)CN(CCC#N)C(C)c1ccccc1. The zero-order valence-electron chi connectivity index (χ0n) is 11.1. The fraction of sp³-hybridized carbons (Fsp3) is 0.533. The van der Waals surface area contributed by atoms with Gasteiger partial charge in [0.2, 0.25) is 0 Å². The van der Waals surface area contributed by atoms with E-state index in [1.54, 1.807) is 0 Å². The Morgan fingerprint density at radius 3 is 2.35 bits per heavy atom. The summed E-state index contributed by atoms with van der Waals surface area (Å²) in [5.41, 5.74) is 1.33. The number of nitrogens with zero attached hydrogens (tertiary/aromatic N) is 2. The second-order valence-electron chi connectivity index (χ2n) is 4.88. The van der Waals surface area contributed by atoms with E-state index in [2.05, 4.69) is 56.0 Å². The lowest BCUT2D eigenvalue weighted by atomic mass is 10.1. The Labute approximate surface area is 105 Å². The predicted octanol–water partition coefficient (Wildman–Crippen LogP) is 3.62. The minimum atomic E-state index is 0.381. The molecule has 0 aromatic heterocycles. The van der Waals surface area contributed by atoms with Gasteiger partial charge in [0, 0.05) is 25.6 Å². The van der Waals surface area contributed by atoms with Crippen molar-refractivity contribution in [3.63, 3.8) is 0 Å². The molecule has 0 aliphatic carbocycles. The summed E-state index contributed by atoms with van der Waals surface area (Å²) in [7, 11) is 0. The number of benzene rings is 1. The lowest BCUT2D eigenvalue weighted by Crippen LogP contribution is -2.31. The Balaban J connectivity index is 2.72. The summed E-state index contributed by atoms with van der Waals surface area (Å²) in [5.74, 6) is 0.625. The molecule has 1 atom stereocenters. The van der Waals surface area contributed by atoms with Crippen molar-refractivity contribution in [2.24, 2.45) is 5.92 Å². The number of hydrogen-bond donors (Lipinski definition) is 0. The standard InChI is InChI=1S/C15H22N2/c1-13(2)12-17(11-7-10-16)14(3)15-8-5-4-6-9-15/h4-6,8-9,13-14H,7,11-12H2,1-3H3. The van der Waals surface area contributed by atoms with Crippen LogP contribution in [0.25, 0.3) is 0 Å². The fourth-order valence-corrected chi connectivity index (χ4v) is 2.05. The van der Waals surface area contributed by atoms with Gasteiger partial charge < -0.3 is 0 Å². The lowest BCUT2D eigenvalue weighted by molar-refractivity contribution is 0.191. The van der Waals surface area contributed by atoms with Crippen molar-refractivity contribution < 1.29 is 0 Å². The maximum Gasteiger partial charge on any atom is 0.0635 e. The molecule has 0 amide bonds. The summed E-state index contributed by atoms with van der Waals surface area (Å²) in [6.45, 7) is 8.55. The van der Waals surface area contributed by atoms with Crippen molar-refractivity contribution >= 4 is 0 Å². The Hall–Kier alpha value is -1.33. The van der Waals surface area contributed by atoms with Gasteiger partial charge in [0.1, 0.15) is 0 Å². The average molecular weight is 230 g/mol. The van der Waals surface area contributed by atoms with E-state index < -0.39 is 0 Å². The minimum absolute atomic E-state index is 0.381. The molecule has 0 saturated heterocycles. The first kappa shape index (κ1) is 13.7. The van der Waals surface area contributed by atoms with Gasteiger partial charge in [0.15, 0.2) is 0 Å². The molecule has 0 heterocycles. The van der Waals surface area contributed by atoms with Gasteiger partial charge >= 0.3 is 0 Å². The molecule has 2 nitrogen and oxygen atoms in total. The predicted molar refractivity (Wildman–Crippen MR) is 71.5 cm³/mol. The molecule has 0 fully saturated rings. The van der Waals surface area contributed by atoms with E-state index in [0.29, 0.717) is 18.4 Å². The van der Waals surface area contributed by atoms with Gasteiger partial charge in [0.05, 0.1) is 6.07 Å². The van der Waals surface area contributed by atoms with Crippen molar-refractivity contribution in [1.29, 1.82) is 5.26 Å². The van der Waals surface area contributed by atoms with Gasteiger partial charge in [-0.15, -0.1) is 0 Å². The zero-order valence-corrected chi connectivity index (χ0v) is 11.1. The second kappa shape index (κ2) is 7.09. The molecule has 0 spiro atoms. The van der Waals surface area contributed by atoms with Crippen LogP contribution in [-0.2, 0) is 0 Å². The monoisotopic (exact) mass is 230 g/mol. The largest absolute Gasteiger partial charge is 0.295 e. The first-order chi connectivity index (χ1) is 8.15. The molecule has 0 N–H and O–H groups in total. The molecular weight excluding hydrogens is 208 g/mol. The van der Waals surface area contributed by atoms with E-state index in [-0.39, 0.29) is 0 Å². The highest BCUT2D eigenvalue weighted by molar-refractivity contribution is 5.18. The normalized spacial score (nSPS) is 12.7. The van der Waals surface area contributed by atoms with Crippen LogP contribution in [0.3, 0.4) is 0 Å². The van der Waals surface area contributed by atoms with Gasteiger partial charge in [-0.1, -0.05) is 44.2 Å². The Morgan fingerprint density at radius 2 is 1.82 bits per heavy atom. The van der Waals surface area contributed by atoms with Crippen LogP contribution in [0.5, 0.6) is 0 Å². The zero-order chi connectivity index (χ0) is 12.7.